The Bertz CT molecular complexity index is 344. The van der Waals surface area contributed by atoms with Crippen molar-refractivity contribution in [2.24, 2.45) is 5.92 Å². The number of hydrogen-bond donors (Lipinski definition) is 1. The third-order valence-electron chi connectivity index (χ3n) is 2.87. The molecular weight excluding hydrogens is 234 g/mol. The molecule has 1 amide bonds. The van der Waals surface area contributed by atoms with E-state index in [1.54, 1.807) is 12.1 Å². The van der Waals surface area contributed by atoms with Crippen molar-refractivity contribution < 1.29 is 18.7 Å². The molecule has 1 aromatic heterocycles. The highest BCUT2D eigenvalue weighted by Crippen LogP contribution is 2.12. The third-order valence-corrected chi connectivity index (χ3v) is 2.87. The van der Waals surface area contributed by atoms with Gasteiger partial charge in [-0.3, -0.25) is 4.79 Å². The summed E-state index contributed by atoms with van der Waals surface area (Å²) in [6.07, 6.45) is 3.39. The second-order valence-corrected chi connectivity index (χ2v) is 4.39. The van der Waals surface area contributed by atoms with Crippen molar-refractivity contribution in [1.82, 2.24) is 5.32 Å². The summed E-state index contributed by atoms with van der Waals surface area (Å²) in [6.45, 7) is 3.68. The van der Waals surface area contributed by atoms with Gasteiger partial charge in [-0.25, -0.2) is 0 Å². The molecule has 1 atom stereocenters. The minimum atomic E-state index is -0.177. The molecule has 2 heterocycles. The summed E-state index contributed by atoms with van der Waals surface area (Å²) in [5, 5.41) is 2.78. The second kappa shape index (κ2) is 7.18. The van der Waals surface area contributed by atoms with Gasteiger partial charge in [0.1, 0.15) is 0 Å². The highest BCUT2D eigenvalue weighted by Gasteiger charge is 2.15. The van der Waals surface area contributed by atoms with E-state index in [1.807, 2.05) is 0 Å². The molecule has 0 bridgehead atoms. The molecule has 1 aromatic rings. The van der Waals surface area contributed by atoms with Crippen LogP contribution in [0, 0.1) is 5.92 Å². The molecule has 1 N–H and O–H groups in total. The summed E-state index contributed by atoms with van der Waals surface area (Å²) < 4.78 is 15.8. The fourth-order valence-corrected chi connectivity index (χ4v) is 1.84. The van der Waals surface area contributed by atoms with Crippen molar-refractivity contribution in [3.05, 3.63) is 24.2 Å². The Morgan fingerprint density at radius 1 is 1.56 bits per heavy atom. The Labute approximate surface area is 106 Å². The zero-order chi connectivity index (χ0) is 12.6. The van der Waals surface area contributed by atoms with E-state index >= 15 is 0 Å². The first-order chi connectivity index (χ1) is 8.86. The molecule has 5 heteroatoms. The number of amides is 1. The van der Waals surface area contributed by atoms with E-state index in [-0.39, 0.29) is 5.91 Å². The van der Waals surface area contributed by atoms with Gasteiger partial charge in [0, 0.05) is 25.7 Å². The molecule has 0 aliphatic carbocycles. The molecule has 1 saturated heterocycles. The van der Waals surface area contributed by atoms with Gasteiger partial charge in [-0.2, -0.15) is 0 Å². The summed E-state index contributed by atoms with van der Waals surface area (Å²) >= 11 is 0. The third kappa shape index (κ3) is 4.16. The first-order valence-corrected chi connectivity index (χ1v) is 6.33. The van der Waals surface area contributed by atoms with Crippen LogP contribution >= 0.6 is 0 Å². The first-order valence-electron chi connectivity index (χ1n) is 6.33. The van der Waals surface area contributed by atoms with E-state index in [9.17, 15) is 4.79 Å². The molecule has 18 heavy (non-hydrogen) atoms. The van der Waals surface area contributed by atoms with Crippen molar-refractivity contribution in [2.45, 2.75) is 12.8 Å². The van der Waals surface area contributed by atoms with Gasteiger partial charge in [0.05, 0.1) is 19.5 Å². The standard InChI is InChI=1S/C13H19NO4/c15-13(12-3-1-7-18-12)14-5-2-6-16-9-11-4-8-17-10-11/h1,3,7,11H,2,4-6,8-10H2,(H,14,15). The molecule has 1 unspecified atom stereocenters. The normalized spacial score (nSPS) is 19.0. The fourth-order valence-electron chi connectivity index (χ4n) is 1.84. The van der Waals surface area contributed by atoms with Crippen molar-refractivity contribution in [1.29, 1.82) is 0 Å². The van der Waals surface area contributed by atoms with Crippen LogP contribution in [0.1, 0.15) is 23.4 Å². The van der Waals surface area contributed by atoms with Gasteiger partial charge in [-0.05, 0) is 25.0 Å². The molecule has 1 aliphatic heterocycles. The largest absolute Gasteiger partial charge is 0.459 e. The maximum atomic E-state index is 11.5. The van der Waals surface area contributed by atoms with E-state index in [4.69, 9.17) is 13.9 Å². The Hall–Kier alpha value is -1.33. The first kappa shape index (κ1) is 13.1. The van der Waals surface area contributed by atoms with E-state index in [0.717, 1.165) is 32.7 Å². The number of furan rings is 1. The van der Waals surface area contributed by atoms with Crippen molar-refractivity contribution in [3.63, 3.8) is 0 Å². The van der Waals surface area contributed by atoms with E-state index < -0.39 is 0 Å². The molecule has 0 aromatic carbocycles. The summed E-state index contributed by atoms with van der Waals surface area (Å²) in [5.41, 5.74) is 0. The minimum Gasteiger partial charge on any atom is -0.459 e. The van der Waals surface area contributed by atoms with E-state index in [2.05, 4.69) is 5.32 Å². The molecule has 0 spiro atoms. The number of nitrogens with one attached hydrogen (secondary N) is 1. The Kier molecular flexibility index (Phi) is 5.23. The molecule has 2 rings (SSSR count). The minimum absolute atomic E-state index is 0.177. The number of hydrogen-bond acceptors (Lipinski definition) is 4. The van der Waals surface area contributed by atoms with E-state index in [1.165, 1.54) is 6.26 Å². The van der Waals surface area contributed by atoms with Gasteiger partial charge in [0.25, 0.3) is 5.91 Å². The summed E-state index contributed by atoms with van der Waals surface area (Å²) in [5.74, 6) is 0.714. The van der Waals surface area contributed by atoms with Gasteiger partial charge in [-0.1, -0.05) is 0 Å². The van der Waals surface area contributed by atoms with E-state index in [0.29, 0.717) is 24.8 Å². The predicted octanol–water partition coefficient (Wildman–Crippen LogP) is 1.45. The molecule has 0 radical (unpaired) electrons. The van der Waals surface area contributed by atoms with Crippen molar-refractivity contribution in [3.8, 4) is 0 Å². The molecule has 0 saturated carbocycles. The van der Waals surface area contributed by atoms with Crippen LogP contribution in [0.4, 0.5) is 0 Å². The molecular formula is C13H19NO4. The lowest BCUT2D eigenvalue weighted by Crippen LogP contribution is -2.25. The van der Waals surface area contributed by atoms with Crippen LogP contribution in [0.2, 0.25) is 0 Å². The average Bonchev–Trinajstić information content (AvgIpc) is 3.05. The van der Waals surface area contributed by atoms with Crippen LogP contribution in [0.3, 0.4) is 0 Å². The maximum Gasteiger partial charge on any atom is 0.286 e. The topological polar surface area (TPSA) is 60.7 Å². The fraction of sp³-hybridized carbons (Fsp3) is 0.615. The lowest BCUT2D eigenvalue weighted by molar-refractivity contribution is 0.0844. The molecule has 5 nitrogen and oxygen atoms in total. The van der Waals surface area contributed by atoms with Crippen LogP contribution in [0.5, 0.6) is 0 Å². The number of carbonyl (C=O) groups is 1. The lowest BCUT2D eigenvalue weighted by atomic mass is 10.1. The smallest absolute Gasteiger partial charge is 0.286 e. The molecule has 100 valence electrons. The summed E-state index contributed by atoms with van der Waals surface area (Å²) in [4.78, 5) is 11.5. The van der Waals surface area contributed by atoms with Gasteiger partial charge >= 0.3 is 0 Å². The number of rotatable bonds is 7. The van der Waals surface area contributed by atoms with Gasteiger partial charge in [0.15, 0.2) is 5.76 Å². The van der Waals surface area contributed by atoms with Gasteiger partial charge in [0.2, 0.25) is 0 Å². The number of ether oxygens (including phenoxy) is 2. The van der Waals surface area contributed by atoms with Gasteiger partial charge in [-0.15, -0.1) is 0 Å². The van der Waals surface area contributed by atoms with Crippen molar-refractivity contribution in [2.75, 3.05) is 33.0 Å². The van der Waals surface area contributed by atoms with Crippen LogP contribution in [0.25, 0.3) is 0 Å². The lowest BCUT2D eigenvalue weighted by Gasteiger charge is -2.08. The van der Waals surface area contributed by atoms with Crippen LogP contribution in [0.15, 0.2) is 22.8 Å². The van der Waals surface area contributed by atoms with Gasteiger partial charge < -0.3 is 19.2 Å². The monoisotopic (exact) mass is 253 g/mol. The second-order valence-electron chi connectivity index (χ2n) is 4.39. The molecule has 1 aliphatic rings. The quantitative estimate of drug-likeness (QED) is 0.747. The van der Waals surface area contributed by atoms with Crippen LogP contribution < -0.4 is 5.32 Å². The Morgan fingerprint density at radius 3 is 3.22 bits per heavy atom. The zero-order valence-corrected chi connectivity index (χ0v) is 10.4. The maximum absolute atomic E-state index is 11.5. The van der Waals surface area contributed by atoms with Crippen LogP contribution in [-0.2, 0) is 9.47 Å². The average molecular weight is 253 g/mol. The summed E-state index contributed by atoms with van der Waals surface area (Å²) in [6, 6.07) is 3.34. The highest BCUT2D eigenvalue weighted by atomic mass is 16.5. The Morgan fingerprint density at radius 2 is 2.50 bits per heavy atom. The number of carbonyl (C=O) groups excluding carboxylic acids is 1. The Balaban J connectivity index is 1.47. The predicted molar refractivity (Wildman–Crippen MR) is 65.4 cm³/mol. The summed E-state index contributed by atoms with van der Waals surface area (Å²) in [7, 11) is 0. The molecule has 1 fully saturated rings. The van der Waals surface area contributed by atoms with Crippen LogP contribution in [-0.4, -0.2) is 38.9 Å². The SMILES string of the molecule is O=C(NCCCOCC1CCOC1)c1ccco1. The highest BCUT2D eigenvalue weighted by molar-refractivity contribution is 5.91. The zero-order valence-electron chi connectivity index (χ0n) is 10.4. The van der Waals surface area contributed by atoms with Crippen molar-refractivity contribution >= 4 is 5.91 Å².